The number of esters is 1. The second-order valence-corrected chi connectivity index (χ2v) is 6.13. The molecular formula is C18H18ClNO5. The number of amides is 1. The molecule has 132 valence electrons. The van der Waals surface area contributed by atoms with Crippen molar-refractivity contribution >= 4 is 23.5 Å². The standard InChI is InChI=1S/C18H18ClNO5/c19-13-7-5-12(6-8-13)16(25-18(22)15-4-2-10-24-15)17(21)20-11-14-3-1-9-23-14/h2,4-8,10,14,16H,1,3,9,11H2,(H,20,21). The Bertz CT molecular complexity index is 708. The lowest BCUT2D eigenvalue weighted by molar-refractivity contribution is -0.130. The summed E-state index contributed by atoms with van der Waals surface area (Å²) in [6.07, 6.45) is 2.14. The number of carbonyl (C=O) groups is 2. The molecule has 1 fully saturated rings. The van der Waals surface area contributed by atoms with Gasteiger partial charge in [0.25, 0.3) is 5.91 Å². The topological polar surface area (TPSA) is 77.8 Å². The van der Waals surface area contributed by atoms with Crippen LogP contribution in [0.15, 0.2) is 47.1 Å². The smallest absolute Gasteiger partial charge is 0.375 e. The Morgan fingerprint density at radius 1 is 1.28 bits per heavy atom. The quantitative estimate of drug-likeness (QED) is 0.798. The maximum atomic E-state index is 12.6. The predicted molar refractivity (Wildman–Crippen MR) is 90.3 cm³/mol. The lowest BCUT2D eigenvalue weighted by atomic mass is 10.1. The fourth-order valence-corrected chi connectivity index (χ4v) is 2.71. The fraction of sp³-hybridized carbons (Fsp3) is 0.333. The molecule has 1 amide bonds. The van der Waals surface area contributed by atoms with Crippen LogP contribution in [-0.2, 0) is 14.3 Å². The summed E-state index contributed by atoms with van der Waals surface area (Å²) in [6, 6.07) is 9.62. The number of rotatable bonds is 6. The van der Waals surface area contributed by atoms with Crippen molar-refractivity contribution in [2.24, 2.45) is 0 Å². The molecule has 0 radical (unpaired) electrons. The van der Waals surface area contributed by atoms with Gasteiger partial charge < -0.3 is 19.2 Å². The van der Waals surface area contributed by atoms with Crippen LogP contribution in [0.4, 0.5) is 0 Å². The fourth-order valence-electron chi connectivity index (χ4n) is 2.58. The predicted octanol–water partition coefficient (Wildman–Crippen LogP) is 3.13. The van der Waals surface area contributed by atoms with Crippen LogP contribution >= 0.6 is 11.6 Å². The molecule has 25 heavy (non-hydrogen) atoms. The molecule has 1 N–H and O–H groups in total. The van der Waals surface area contributed by atoms with Gasteiger partial charge >= 0.3 is 5.97 Å². The molecule has 2 atom stereocenters. The first-order chi connectivity index (χ1) is 12.1. The zero-order chi connectivity index (χ0) is 17.6. The van der Waals surface area contributed by atoms with E-state index in [2.05, 4.69) is 5.32 Å². The molecule has 0 saturated carbocycles. The van der Waals surface area contributed by atoms with Gasteiger partial charge in [0.2, 0.25) is 11.9 Å². The van der Waals surface area contributed by atoms with Crippen LogP contribution in [0.5, 0.6) is 0 Å². The first-order valence-corrected chi connectivity index (χ1v) is 8.40. The molecule has 1 aromatic carbocycles. The summed E-state index contributed by atoms with van der Waals surface area (Å²) >= 11 is 5.89. The van der Waals surface area contributed by atoms with Gasteiger partial charge in [-0.15, -0.1) is 0 Å². The van der Waals surface area contributed by atoms with E-state index in [4.69, 9.17) is 25.5 Å². The minimum atomic E-state index is -1.10. The Labute approximate surface area is 150 Å². The van der Waals surface area contributed by atoms with Crippen molar-refractivity contribution in [3.05, 3.63) is 59.0 Å². The zero-order valence-corrected chi connectivity index (χ0v) is 14.2. The van der Waals surface area contributed by atoms with E-state index in [0.29, 0.717) is 23.7 Å². The number of halogens is 1. The highest BCUT2D eigenvalue weighted by Gasteiger charge is 2.27. The average molecular weight is 364 g/mol. The lowest BCUT2D eigenvalue weighted by Crippen LogP contribution is -2.37. The van der Waals surface area contributed by atoms with Gasteiger partial charge in [0.05, 0.1) is 12.4 Å². The van der Waals surface area contributed by atoms with Gasteiger partial charge in [0.1, 0.15) is 0 Å². The summed E-state index contributed by atoms with van der Waals surface area (Å²) in [6.45, 7) is 1.08. The Morgan fingerprint density at radius 2 is 2.08 bits per heavy atom. The molecule has 1 aliphatic rings. The van der Waals surface area contributed by atoms with Crippen molar-refractivity contribution in [3.63, 3.8) is 0 Å². The van der Waals surface area contributed by atoms with E-state index < -0.39 is 18.0 Å². The summed E-state index contributed by atoms with van der Waals surface area (Å²) in [5.74, 6) is -1.10. The molecule has 2 aromatic rings. The van der Waals surface area contributed by atoms with Gasteiger partial charge in [0, 0.05) is 23.7 Å². The van der Waals surface area contributed by atoms with Crippen LogP contribution in [0.3, 0.4) is 0 Å². The van der Waals surface area contributed by atoms with Gasteiger partial charge in [-0.1, -0.05) is 23.7 Å². The molecule has 0 spiro atoms. The van der Waals surface area contributed by atoms with E-state index in [9.17, 15) is 9.59 Å². The Kier molecular flexibility index (Phi) is 5.73. The number of benzene rings is 1. The van der Waals surface area contributed by atoms with Crippen LogP contribution in [0.1, 0.15) is 35.1 Å². The highest BCUT2D eigenvalue weighted by atomic mass is 35.5. The molecule has 7 heteroatoms. The maximum absolute atomic E-state index is 12.6. The third-order valence-corrected chi connectivity index (χ3v) is 4.14. The minimum Gasteiger partial charge on any atom is -0.457 e. The Hall–Kier alpha value is -2.31. The number of furan rings is 1. The molecule has 0 aliphatic carbocycles. The largest absolute Gasteiger partial charge is 0.457 e. The third kappa shape index (κ3) is 4.61. The zero-order valence-electron chi connectivity index (χ0n) is 13.4. The minimum absolute atomic E-state index is 0.00408. The van der Waals surface area contributed by atoms with Crippen molar-refractivity contribution in [2.75, 3.05) is 13.2 Å². The van der Waals surface area contributed by atoms with E-state index in [-0.39, 0.29) is 11.9 Å². The molecule has 2 unspecified atom stereocenters. The highest BCUT2D eigenvalue weighted by Crippen LogP contribution is 2.22. The number of hydrogen-bond donors (Lipinski definition) is 1. The summed E-state index contributed by atoms with van der Waals surface area (Å²) < 4.78 is 15.9. The van der Waals surface area contributed by atoms with Crippen LogP contribution in [0, 0.1) is 0 Å². The SMILES string of the molecule is O=C(OC(C(=O)NCC1CCCO1)c1ccc(Cl)cc1)c1ccco1. The summed E-state index contributed by atoms with van der Waals surface area (Å²) in [4.78, 5) is 24.8. The van der Waals surface area contributed by atoms with Crippen LogP contribution in [0.2, 0.25) is 5.02 Å². The molecule has 1 saturated heterocycles. The van der Waals surface area contributed by atoms with Crippen molar-refractivity contribution in [1.82, 2.24) is 5.32 Å². The van der Waals surface area contributed by atoms with Gasteiger partial charge in [-0.3, -0.25) is 4.79 Å². The molecular weight excluding hydrogens is 346 g/mol. The Balaban J connectivity index is 1.72. The maximum Gasteiger partial charge on any atom is 0.375 e. The summed E-state index contributed by atoms with van der Waals surface area (Å²) in [7, 11) is 0. The van der Waals surface area contributed by atoms with Gasteiger partial charge in [-0.25, -0.2) is 4.79 Å². The van der Waals surface area contributed by atoms with E-state index in [0.717, 1.165) is 12.8 Å². The molecule has 2 heterocycles. The number of carbonyl (C=O) groups excluding carboxylic acids is 2. The molecule has 1 aromatic heterocycles. The number of nitrogens with one attached hydrogen (secondary N) is 1. The van der Waals surface area contributed by atoms with Gasteiger partial charge in [-0.05, 0) is 37.1 Å². The third-order valence-electron chi connectivity index (χ3n) is 3.89. The van der Waals surface area contributed by atoms with E-state index in [1.807, 2.05) is 0 Å². The highest BCUT2D eigenvalue weighted by molar-refractivity contribution is 6.30. The van der Waals surface area contributed by atoms with Crippen molar-refractivity contribution in [3.8, 4) is 0 Å². The van der Waals surface area contributed by atoms with Crippen LogP contribution in [0.25, 0.3) is 0 Å². The number of ether oxygens (including phenoxy) is 2. The van der Waals surface area contributed by atoms with Crippen molar-refractivity contribution in [2.45, 2.75) is 25.0 Å². The van der Waals surface area contributed by atoms with Crippen LogP contribution < -0.4 is 5.32 Å². The van der Waals surface area contributed by atoms with Gasteiger partial charge in [-0.2, -0.15) is 0 Å². The first-order valence-electron chi connectivity index (χ1n) is 8.03. The summed E-state index contributed by atoms with van der Waals surface area (Å²) in [5.41, 5.74) is 0.522. The second kappa shape index (κ2) is 8.18. The van der Waals surface area contributed by atoms with E-state index in [1.165, 1.54) is 12.3 Å². The molecule has 1 aliphatic heterocycles. The normalized spacial score (nSPS) is 17.9. The lowest BCUT2D eigenvalue weighted by Gasteiger charge is -2.19. The Morgan fingerprint density at radius 3 is 2.72 bits per heavy atom. The van der Waals surface area contributed by atoms with Gasteiger partial charge in [0.15, 0.2) is 0 Å². The van der Waals surface area contributed by atoms with E-state index >= 15 is 0 Å². The molecule has 3 rings (SSSR count). The molecule has 0 bridgehead atoms. The van der Waals surface area contributed by atoms with Crippen molar-refractivity contribution in [1.29, 1.82) is 0 Å². The number of hydrogen-bond acceptors (Lipinski definition) is 5. The van der Waals surface area contributed by atoms with Crippen LogP contribution in [-0.4, -0.2) is 31.1 Å². The van der Waals surface area contributed by atoms with E-state index in [1.54, 1.807) is 30.3 Å². The summed E-state index contributed by atoms with van der Waals surface area (Å²) in [5, 5.41) is 3.31. The molecule has 6 nitrogen and oxygen atoms in total. The van der Waals surface area contributed by atoms with Crippen molar-refractivity contribution < 1.29 is 23.5 Å². The first kappa shape index (κ1) is 17.5. The second-order valence-electron chi connectivity index (χ2n) is 5.69. The average Bonchev–Trinajstić information content (AvgIpc) is 3.31. The monoisotopic (exact) mass is 363 g/mol.